The molecule has 0 radical (unpaired) electrons. The Morgan fingerprint density at radius 3 is 2.59 bits per heavy atom. The van der Waals surface area contributed by atoms with Gasteiger partial charge in [0.15, 0.2) is 4.80 Å². The molecule has 6 heteroatoms. The molecule has 4 aromatic rings. The van der Waals surface area contributed by atoms with Crippen LogP contribution in [0, 0.1) is 0 Å². The Hall–Kier alpha value is -3.35. The van der Waals surface area contributed by atoms with Crippen molar-refractivity contribution in [3.05, 3.63) is 120 Å². The second kappa shape index (κ2) is 8.46. The number of para-hydroxylation sites is 1. The fourth-order valence-electron chi connectivity index (χ4n) is 4.86. The van der Waals surface area contributed by atoms with E-state index in [-0.39, 0.29) is 17.4 Å². The molecule has 0 saturated carbocycles. The van der Waals surface area contributed by atoms with E-state index in [1.807, 2.05) is 16.7 Å². The molecule has 2 aliphatic rings. The first-order valence-electron chi connectivity index (χ1n) is 11.2. The van der Waals surface area contributed by atoms with Crippen LogP contribution in [0.3, 0.4) is 0 Å². The number of nitrogens with zero attached hydrogens (tertiary/aromatic N) is 2. The summed E-state index contributed by atoms with van der Waals surface area (Å²) in [5.41, 5.74) is 6.30. The summed E-state index contributed by atoms with van der Waals surface area (Å²) in [6.45, 7) is 0. The number of thiazole rings is 1. The lowest BCUT2D eigenvalue weighted by molar-refractivity contribution is 0.474. The molecule has 0 bridgehead atoms. The molecule has 4 nitrogen and oxygen atoms in total. The maximum atomic E-state index is 13.7. The molecule has 0 unspecified atom stereocenters. The third kappa shape index (κ3) is 3.45. The van der Waals surface area contributed by atoms with E-state index in [0.717, 1.165) is 29.7 Å². The van der Waals surface area contributed by atoms with Gasteiger partial charge >= 0.3 is 0 Å². The van der Waals surface area contributed by atoms with Crippen LogP contribution in [-0.2, 0) is 6.42 Å². The lowest BCUT2D eigenvalue weighted by Gasteiger charge is -2.30. The van der Waals surface area contributed by atoms with E-state index in [2.05, 4.69) is 54.8 Å². The first-order valence-corrected chi connectivity index (χ1v) is 13.2. The van der Waals surface area contributed by atoms with Gasteiger partial charge in [-0.05, 0) is 60.1 Å². The third-order valence-electron chi connectivity index (χ3n) is 6.53. The number of hydrogen-bond donors (Lipinski definition) is 1. The highest BCUT2D eigenvalue weighted by Gasteiger charge is 2.32. The highest BCUT2D eigenvalue weighted by molar-refractivity contribution is 7.98. The van der Waals surface area contributed by atoms with Gasteiger partial charge in [0.2, 0.25) is 0 Å². The number of phenols is 1. The minimum Gasteiger partial charge on any atom is -0.507 e. The van der Waals surface area contributed by atoms with Crippen molar-refractivity contribution in [3.8, 4) is 5.75 Å². The number of aromatic nitrogens is 1. The lowest BCUT2D eigenvalue weighted by atomic mass is 9.83. The molecule has 1 aliphatic heterocycles. The zero-order valence-corrected chi connectivity index (χ0v) is 20.2. The van der Waals surface area contributed by atoms with Crippen LogP contribution in [0.5, 0.6) is 5.75 Å². The summed E-state index contributed by atoms with van der Waals surface area (Å²) in [5, 5.41) is 10.3. The molecule has 1 aliphatic carbocycles. The summed E-state index contributed by atoms with van der Waals surface area (Å²) in [5.74, 6) is 0.158. The Labute approximate surface area is 205 Å². The van der Waals surface area contributed by atoms with E-state index in [4.69, 9.17) is 4.99 Å². The van der Waals surface area contributed by atoms with Crippen molar-refractivity contribution in [3.63, 3.8) is 0 Å². The van der Waals surface area contributed by atoms with Crippen LogP contribution >= 0.6 is 23.1 Å². The summed E-state index contributed by atoms with van der Waals surface area (Å²) in [4.78, 5) is 20.7. The average molecular weight is 483 g/mol. The summed E-state index contributed by atoms with van der Waals surface area (Å²) in [6, 6.07) is 23.8. The molecule has 0 spiro atoms. The Morgan fingerprint density at radius 2 is 1.79 bits per heavy atom. The summed E-state index contributed by atoms with van der Waals surface area (Å²) < 4.78 is 2.41. The normalized spacial score (nSPS) is 17.1. The van der Waals surface area contributed by atoms with Crippen molar-refractivity contribution >= 4 is 34.9 Å². The first-order chi connectivity index (χ1) is 16.6. The highest BCUT2D eigenvalue weighted by Crippen LogP contribution is 2.41. The predicted molar refractivity (Wildman–Crippen MR) is 139 cm³/mol. The molecule has 2 heterocycles. The molecule has 0 saturated heterocycles. The molecule has 0 amide bonds. The van der Waals surface area contributed by atoms with Crippen LogP contribution in [0.1, 0.15) is 34.7 Å². The van der Waals surface area contributed by atoms with Gasteiger partial charge in [0.25, 0.3) is 5.56 Å². The van der Waals surface area contributed by atoms with Gasteiger partial charge in [-0.25, -0.2) is 4.99 Å². The van der Waals surface area contributed by atoms with Gasteiger partial charge in [-0.3, -0.25) is 9.36 Å². The molecule has 34 heavy (non-hydrogen) atoms. The summed E-state index contributed by atoms with van der Waals surface area (Å²) >= 11 is 3.09. The SMILES string of the molecule is CSc1ccc([C@H]2C3=C(N=c4s/c(=C\c5ccccc5O)c(=O)n42)c2ccccc2CC3)cc1. The van der Waals surface area contributed by atoms with E-state index in [9.17, 15) is 9.90 Å². The van der Waals surface area contributed by atoms with E-state index in [0.29, 0.717) is 14.9 Å². The maximum Gasteiger partial charge on any atom is 0.271 e. The minimum absolute atomic E-state index is 0.0728. The molecule has 1 aromatic heterocycles. The van der Waals surface area contributed by atoms with Gasteiger partial charge in [-0.15, -0.1) is 11.8 Å². The van der Waals surface area contributed by atoms with Gasteiger partial charge in [0.05, 0.1) is 16.3 Å². The van der Waals surface area contributed by atoms with Gasteiger partial charge in [0.1, 0.15) is 5.75 Å². The lowest BCUT2D eigenvalue weighted by Crippen LogP contribution is -2.38. The van der Waals surface area contributed by atoms with Crippen molar-refractivity contribution in [2.24, 2.45) is 4.99 Å². The van der Waals surface area contributed by atoms with E-state index >= 15 is 0 Å². The van der Waals surface area contributed by atoms with Crippen molar-refractivity contribution in [2.75, 3.05) is 6.26 Å². The Morgan fingerprint density at radius 1 is 1.03 bits per heavy atom. The van der Waals surface area contributed by atoms with E-state index in [1.54, 1.807) is 30.0 Å². The molecule has 3 aromatic carbocycles. The minimum atomic E-state index is -0.193. The predicted octanol–water partition coefficient (Wildman–Crippen LogP) is 4.75. The Kier molecular flexibility index (Phi) is 5.27. The van der Waals surface area contributed by atoms with Crippen LogP contribution in [0.15, 0.2) is 93.1 Å². The average Bonchev–Trinajstić information content (AvgIpc) is 3.18. The third-order valence-corrected chi connectivity index (χ3v) is 8.25. The number of phenolic OH excluding ortho intramolecular Hbond substituents is 1. The second-order valence-corrected chi connectivity index (χ2v) is 10.3. The standard InChI is InChI=1S/C28H22N2O2S2/c1-33-20-13-10-18(11-14-20)26-22-15-12-17-6-2-4-8-21(17)25(22)29-28-30(26)27(32)24(34-28)16-19-7-3-5-9-23(19)31/h2-11,13-14,16,26,31H,12,15H2,1H3/b24-16-/t26-/m0/s1. The van der Waals surface area contributed by atoms with Crippen LogP contribution < -0.4 is 14.9 Å². The van der Waals surface area contributed by atoms with Gasteiger partial charge < -0.3 is 5.11 Å². The van der Waals surface area contributed by atoms with E-state index in [1.165, 1.54) is 27.4 Å². The smallest absolute Gasteiger partial charge is 0.271 e. The number of aryl methyl sites for hydroxylation is 1. The number of hydrogen-bond acceptors (Lipinski definition) is 5. The molecule has 0 fully saturated rings. The molecule has 1 atom stereocenters. The fraction of sp³-hybridized carbons (Fsp3) is 0.143. The van der Waals surface area contributed by atoms with Crippen molar-refractivity contribution < 1.29 is 5.11 Å². The van der Waals surface area contributed by atoms with Crippen molar-refractivity contribution in [1.29, 1.82) is 0 Å². The van der Waals surface area contributed by atoms with Crippen molar-refractivity contribution in [2.45, 2.75) is 23.8 Å². The van der Waals surface area contributed by atoms with Crippen LogP contribution in [0.25, 0.3) is 11.8 Å². The molecule has 168 valence electrons. The Balaban J connectivity index is 1.62. The molecule has 1 N–H and O–H groups in total. The molecular formula is C28H22N2O2S2. The van der Waals surface area contributed by atoms with Crippen LogP contribution in [0.2, 0.25) is 0 Å². The number of benzene rings is 3. The summed E-state index contributed by atoms with van der Waals surface area (Å²) in [6.07, 6.45) is 5.64. The maximum absolute atomic E-state index is 13.7. The van der Waals surface area contributed by atoms with E-state index < -0.39 is 0 Å². The summed E-state index contributed by atoms with van der Waals surface area (Å²) in [7, 11) is 0. The largest absolute Gasteiger partial charge is 0.507 e. The number of thioether (sulfide) groups is 1. The molecule has 6 rings (SSSR count). The number of fused-ring (bicyclic) bond motifs is 3. The first kappa shape index (κ1) is 21.2. The quantitative estimate of drug-likeness (QED) is 0.429. The van der Waals surface area contributed by atoms with Gasteiger partial charge in [0, 0.05) is 16.0 Å². The monoisotopic (exact) mass is 482 g/mol. The van der Waals surface area contributed by atoms with Crippen molar-refractivity contribution in [1.82, 2.24) is 4.57 Å². The second-order valence-electron chi connectivity index (χ2n) is 8.45. The zero-order valence-electron chi connectivity index (χ0n) is 18.6. The van der Waals surface area contributed by atoms with Gasteiger partial charge in [-0.1, -0.05) is 65.9 Å². The fourth-order valence-corrected chi connectivity index (χ4v) is 6.26. The van der Waals surface area contributed by atoms with Gasteiger partial charge in [-0.2, -0.15) is 0 Å². The molecular weight excluding hydrogens is 460 g/mol. The topological polar surface area (TPSA) is 54.6 Å². The van der Waals surface area contributed by atoms with Crippen LogP contribution in [0.4, 0.5) is 0 Å². The van der Waals surface area contributed by atoms with Crippen LogP contribution in [-0.4, -0.2) is 15.9 Å². The zero-order chi connectivity index (χ0) is 23.2. The number of rotatable bonds is 3. The number of allylic oxidation sites excluding steroid dienone is 1. The number of aromatic hydroxyl groups is 1. The highest BCUT2D eigenvalue weighted by atomic mass is 32.2. The Bertz CT molecular complexity index is 1630.